The standard InChI is InChI=1S/C16H28N2O/c1-12(2)18(13(3)4)11-15-10-14(8-9-17)6-7-16(15)19-5/h6-7,10,12-13H,8-9,11,17H2,1-5H3. The first kappa shape index (κ1) is 16.0. The molecule has 0 saturated carbocycles. The molecule has 108 valence electrons. The fraction of sp³-hybridized carbons (Fsp3) is 0.625. The number of hydrogen-bond donors (Lipinski definition) is 1. The Hall–Kier alpha value is -1.06. The van der Waals surface area contributed by atoms with Crippen molar-refractivity contribution in [1.82, 2.24) is 4.90 Å². The summed E-state index contributed by atoms with van der Waals surface area (Å²) in [5, 5.41) is 0. The Labute approximate surface area is 117 Å². The Balaban J connectivity index is 2.98. The van der Waals surface area contributed by atoms with Gasteiger partial charge in [0.15, 0.2) is 0 Å². The van der Waals surface area contributed by atoms with Gasteiger partial charge in [-0.1, -0.05) is 12.1 Å². The number of rotatable bonds is 7. The van der Waals surface area contributed by atoms with Gasteiger partial charge in [-0.2, -0.15) is 0 Å². The van der Waals surface area contributed by atoms with Crippen LogP contribution in [0.3, 0.4) is 0 Å². The topological polar surface area (TPSA) is 38.5 Å². The zero-order valence-corrected chi connectivity index (χ0v) is 12.9. The highest BCUT2D eigenvalue weighted by Crippen LogP contribution is 2.23. The molecule has 0 fully saturated rings. The van der Waals surface area contributed by atoms with Crippen LogP contribution < -0.4 is 10.5 Å². The van der Waals surface area contributed by atoms with Gasteiger partial charge in [0.25, 0.3) is 0 Å². The molecule has 0 aliphatic heterocycles. The van der Waals surface area contributed by atoms with E-state index < -0.39 is 0 Å². The van der Waals surface area contributed by atoms with Gasteiger partial charge in [0.05, 0.1) is 7.11 Å². The molecule has 0 aliphatic rings. The average Bonchev–Trinajstić information content (AvgIpc) is 2.35. The predicted octanol–water partition coefficient (Wildman–Crippen LogP) is 2.82. The van der Waals surface area contributed by atoms with Crippen molar-refractivity contribution in [3.63, 3.8) is 0 Å². The summed E-state index contributed by atoms with van der Waals surface area (Å²) < 4.78 is 5.48. The monoisotopic (exact) mass is 264 g/mol. The summed E-state index contributed by atoms with van der Waals surface area (Å²) in [6.07, 6.45) is 0.917. The Morgan fingerprint density at radius 2 is 1.79 bits per heavy atom. The maximum absolute atomic E-state index is 5.64. The molecule has 19 heavy (non-hydrogen) atoms. The van der Waals surface area contributed by atoms with Crippen LogP contribution in [0, 0.1) is 0 Å². The fourth-order valence-electron chi connectivity index (χ4n) is 2.44. The Bertz CT molecular complexity index is 380. The Kier molecular flexibility index (Phi) is 6.32. The number of nitrogens with two attached hydrogens (primary N) is 1. The van der Waals surface area contributed by atoms with Crippen LogP contribution in [0.5, 0.6) is 5.75 Å². The maximum atomic E-state index is 5.64. The highest BCUT2D eigenvalue weighted by Gasteiger charge is 2.16. The quantitative estimate of drug-likeness (QED) is 0.823. The van der Waals surface area contributed by atoms with Crippen LogP contribution in [-0.4, -0.2) is 30.6 Å². The molecule has 0 aliphatic carbocycles. The van der Waals surface area contributed by atoms with Crippen molar-refractivity contribution < 1.29 is 4.74 Å². The minimum absolute atomic E-state index is 0.517. The van der Waals surface area contributed by atoms with Gasteiger partial charge in [-0.3, -0.25) is 4.90 Å². The molecule has 0 saturated heterocycles. The third kappa shape index (κ3) is 4.51. The summed E-state index contributed by atoms with van der Waals surface area (Å²) in [6.45, 7) is 10.5. The number of nitrogens with zero attached hydrogens (tertiary/aromatic N) is 1. The van der Waals surface area contributed by atoms with E-state index in [9.17, 15) is 0 Å². The van der Waals surface area contributed by atoms with E-state index in [4.69, 9.17) is 10.5 Å². The first-order valence-electron chi connectivity index (χ1n) is 7.11. The number of methoxy groups -OCH3 is 1. The average molecular weight is 264 g/mol. The lowest BCUT2D eigenvalue weighted by molar-refractivity contribution is 0.164. The van der Waals surface area contributed by atoms with E-state index in [0.29, 0.717) is 18.6 Å². The third-order valence-electron chi connectivity index (χ3n) is 3.46. The van der Waals surface area contributed by atoms with E-state index in [-0.39, 0.29) is 0 Å². The van der Waals surface area contributed by atoms with Crippen molar-refractivity contribution in [2.45, 2.75) is 52.7 Å². The lowest BCUT2D eigenvalue weighted by Gasteiger charge is -2.31. The van der Waals surface area contributed by atoms with Crippen LogP contribution in [0.15, 0.2) is 18.2 Å². The van der Waals surface area contributed by atoms with Crippen molar-refractivity contribution in [3.8, 4) is 5.75 Å². The Morgan fingerprint density at radius 3 is 2.26 bits per heavy atom. The normalized spacial score (nSPS) is 11.6. The SMILES string of the molecule is COc1ccc(CCN)cc1CN(C(C)C)C(C)C. The van der Waals surface area contributed by atoms with Crippen LogP contribution in [0.2, 0.25) is 0 Å². The van der Waals surface area contributed by atoms with Gasteiger partial charge in [-0.05, 0) is 52.3 Å². The molecule has 0 bridgehead atoms. The molecule has 0 aromatic heterocycles. The summed E-state index contributed by atoms with van der Waals surface area (Å²) in [6, 6.07) is 7.41. The van der Waals surface area contributed by atoms with E-state index in [2.05, 4.69) is 50.8 Å². The molecule has 0 spiro atoms. The van der Waals surface area contributed by atoms with Gasteiger partial charge in [0, 0.05) is 24.2 Å². The van der Waals surface area contributed by atoms with Gasteiger partial charge in [0.2, 0.25) is 0 Å². The lowest BCUT2D eigenvalue weighted by Crippen LogP contribution is -2.36. The molecular weight excluding hydrogens is 236 g/mol. The molecule has 3 heteroatoms. The molecule has 1 aromatic carbocycles. The second-order valence-corrected chi connectivity index (χ2v) is 5.54. The van der Waals surface area contributed by atoms with Gasteiger partial charge >= 0.3 is 0 Å². The van der Waals surface area contributed by atoms with E-state index in [1.54, 1.807) is 7.11 Å². The van der Waals surface area contributed by atoms with Crippen molar-refractivity contribution in [1.29, 1.82) is 0 Å². The molecule has 0 unspecified atom stereocenters. The fourth-order valence-corrected chi connectivity index (χ4v) is 2.44. The molecular formula is C16H28N2O. The van der Waals surface area contributed by atoms with Crippen molar-refractivity contribution >= 4 is 0 Å². The first-order valence-corrected chi connectivity index (χ1v) is 7.11. The van der Waals surface area contributed by atoms with Crippen LogP contribution in [0.4, 0.5) is 0 Å². The summed E-state index contributed by atoms with van der Waals surface area (Å²) in [4.78, 5) is 2.46. The van der Waals surface area contributed by atoms with Crippen LogP contribution in [-0.2, 0) is 13.0 Å². The lowest BCUT2D eigenvalue weighted by atomic mass is 10.1. The molecule has 3 nitrogen and oxygen atoms in total. The van der Waals surface area contributed by atoms with E-state index >= 15 is 0 Å². The maximum Gasteiger partial charge on any atom is 0.123 e. The van der Waals surface area contributed by atoms with E-state index in [1.807, 2.05) is 0 Å². The van der Waals surface area contributed by atoms with Crippen molar-refractivity contribution in [2.75, 3.05) is 13.7 Å². The first-order chi connectivity index (χ1) is 8.99. The Morgan fingerprint density at radius 1 is 1.16 bits per heavy atom. The molecule has 0 amide bonds. The minimum atomic E-state index is 0.517. The number of benzene rings is 1. The molecule has 0 heterocycles. The zero-order valence-electron chi connectivity index (χ0n) is 12.9. The smallest absolute Gasteiger partial charge is 0.123 e. The van der Waals surface area contributed by atoms with Gasteiger partial charge in [0.1, 0.15) is 5.75 Å². The second-order valence-electron chi connectivity index (χ2n) is 5.54. The van der Waals surface area contributed by atoms with E-state index in [0.717, 1.165) is 18.7 Å². The zero-order chi connectivity index (χ0) is 14.4. The summed E-state index contributed by atoms with van der Waals surface area (Å²) >= 11 is 0. The van der Waals surface area contributed by atoms with Crippen LogP contribution in [0.25, 0.3) is 0 Å². The highest BCUT2D eigenvalue weighted by molar-refractivity contribution is 5.37. The largest absolute Gasteiger partial charge is 0.496 e. The highest BCUT2D eigenvalue weighted by atomic mass is 16.5. The molecule has 1 aromatic rings. The molecule has 2 N–H and O–H groups in total. The van der Waals surface area contributed by atoms with Gasteiger partial charge in [-0.15, -0.1) is 0 Å². The molecule has 1 rings (SSSR count). The van der Waals surface area contributed by atoms with Crippen LogP contribution in [0.1, 0.15) is 38.8 Å². The number of hydrogen-bond acceptors (Lipinski definition) is 3. The van der Waals surface area contributed by atoms with Crippen molar-refractivity contribution in [2.24, 2.45) is 5.73 Å². The summed E-state index contributed by atoms with van der Waals surface area (Å²) in [5.41, 5.74) is 8.17. The summed E-state index contributed by atoms with van der Waals surface area (Å²) in [5.74, 6) is 0.965. The molecule has 0 atom stereocenters. The third-order valence-corrected chi connectivity index (χ3v) is 3.46. The van der Waals surface area contributed by atoms with E-state index in [1.165, 1.54) is 11.1 Å². The summed E-state index contributed by atoms with van der Waals surface area (Å²) in [7, 11) is 1.73. The number of ether oxygens (including phenoxy) is 1. The molecule has 0 radical (unpaired) electrons. The van der Waals surface area contributed by atoms with Gasteiger partial charge in [-0.25, -0.2) is 0 Å². The minimum Gasteiger partial charge on any atom is -0.496 e. The second kappa shape index (κ2) is 7.51. The van der Waals surface area contributed by atoms with Crippen LogP contribution >= 0.6 is 0 Å². The van der Waals surface area contributed by atoms with Gasteiger partial charge < -0.3 is 10.5 Å². The predicted molar refractivity (Wildman–Crippen MR) is 81.6 cm³/mol. The van der Waals surface area contributed by atoms with Crippen molar-refractivity contribution in [3.05, 3.63) is 29.3 Å².